The lowest BCUT2D eigenvalue weighted by Crippen LogP contribution is -2.34. The molecule has 0 saturated carbocycles. The number of rotatable bonds is 3. The monoisotopic (exact) mass is 337 g/mol. The summed E-state index contributed by atoms with van der Waals surface area (Å²) in [6.45, 7) is 0.374. The maximum atomic E-state index is 13.7. The quantitative estimate of drug-likeness (QED) is 0.864. The van der Waals surface area contributed by atoms with Gasteiger partial charge in [0.1, 0.15) is 22.3 Å². The van der Waals surface area contributed by atoms with Crippen LogP contribution in [0.4, 0.5) is 14.5 Å². The Morgan fingerprint density at radius 2 is 1.87 bits per heavy atom. The third-order valence-electron chi connectivity index (χ3n) is 3.73. The minimum atomic E-state index is -4.26. The van der Waals surface area contributed by atoms with Crippen LogP contribution in [0.15, 0.2) is 47.4 Å². The minimum Gasteiger partial charge on any atom is -0.311 e. The summed E-state index contributed by atoms with van der Waals surface area (Å²) in [6.07, 6.45) is 0.635. The van der Waals surface area contributed by atoms with Gasteiger partial charge in [0.25, 0.3) is 0 Å². The Balaban J connectivity index is 1.87. The van der Waals surface area contributed by atoms with Gasteiger partial charge in [0.2, 0.25) is 5.91 Å². The Labute approximate surface area is 132 Å². The Bertz CT molecular complexity index is 881. The van der Waals surface area contributed by atoms with Gasteiger partial charge in [-0.1, -0.05) is 18.2 Å². The average molecular weight is 337 g/mol. The first kappa shape index (κ1) is 15.6. The summed E-state index contributed by atoms with van der Waals surface area (Å²) in [7, 11) is -4.26. The van der Waals surface area contributed by atoms with Gasteiger partial charge in [-0.05, 0) is 36.2 Å². The van der Waals surface area contributed by atoms with Gasteiger partial charge in [-0.25, -0.2) is 17.2 Å². The SMILES string of the molecule is O=C(CS(=O)(=O)c1cc(F)ccc1F)N1CCc2ccccc21. The molecule has 0 atom stereocenters. The van der Waals surface area contributed by atoms with Crippen molar-refractivity contribution in [3.63, 3.8) is 0 Å². The van der Waals surface area contributed by atoms with Crippen molar-refractivity contribution in [1.82, 2.24) is 0 Å². The van der Waals surface area contributed by atoms with Crippen molar-refractivity contribution in [2.75, 3.05) is 17.2 Å². The summed E-state index contributed by atoms with van der Waals surface area (Å²) in [6, 6.07) is 9.34. The molecule has 1 aliphatic rings. The number of fused-ring (bicyclic) bond motifs is 1. The molecule has 1 aliphatic heterocycles. The number of hydrogen-bond donors (Lipinski definition) is 0. The van der Waals surface area contributed by atoms with Crippen molar-refractivity contribution < 1.29 is 22.0 Å². The fraction of sp³-hybridized carbons (Fsp3) is 0.188. The lowest BCUT2D eigenvalue weighted by Gasteiger charge is -2.17. The Morgan fingerprint density at radius 3 is 2.65 bits per heavy atom. The van der Waals surface area contributed by atoms with E-state index in [0.717, 1.165) is 17.7 Å². The van der Waals surface area contributed by atoms with Gasteiger partial charge >= 0.3 is 0 Å². The highest BCUT2D eigenvalue weighted by Crippen LogP contribution is 2.28. The molecule has 0 aromatic heterocycles. The van der Waals surface area contributed by atoms with Crippen molar-refractivity contribution >= 4 is 21.4 Å². The molecule has 4 nitrogen and oxygen atoms in total. The summed E-state index contributed by atoms with van der Waals surface area (Å²) in [5, 5.41) is 0. The molecule has 120 valence electrons. The molecule has 2 aromatic rings. The van der Waals surface area contributed by atoms with E-state index < -0.39 is 38.0 Å². The number of para-hydroxylation sites is 1. The summed E-state index contributed by atoms with van der Waals surface area (Å²) in [5.74, 6) is -3.49. The molecule has 0 saturated heterocycles. The highest BCUT2D eigenvalue weighted by atomic mass is 32.2. The van der Waals surface area contributed by atoms with Crippen LogP contribution < -0.4 is 4.90 Å². The number of benzene rings is 2. The second kappa shape index (κ2) is 5.73. The molecule has 0 N–H and O–H groups in total. The minimum absolute atomic E-state index is 0.374. The zero-order chi connectivity index (χ0) is 16.6. The maximum absolute atomic E-state index is 13.7. The van der Waals surface area contributed by atoms with Gasteiger partial charge in [-0.2, -0.15) is 0 Å². The smallest absolute Gasteiger partial charge is 0.242 e. The van der Waals surface area contributed by atoms with Crippen LogP contribution in [0.2, 0.25) is 0 Å². The molecule has 0 spiro atoms. The number of amides is 1. The van der Waals surface area contributed by atoms with Gasteiger partial charge in [-0.3, -0.25) is 4.79 Å². The molecule has 0 radical (unpaired) electrons. The zero-order valence-corrected chi connectivity index (χ0v) is 12.8. The topological polar surface area (TPSA) is 54.5 Å². The van der Waals surface area contributed by atoms with E-state index in [1.807, 2.05) is 12.1 Å². The Hall–Kier alpha value is -2.28. The third-order valence-corrected chi connectivity index (χ3v) is 5.34. The van der Waals surface area contributed by atoms with Gasteiger partial charge in [0, 0.05) is 12.2 Å². The molecule has 23 heavy (non-hydrogen) atoms. The van der Waals surface area contributed by atoms with E-state index in [4.69, 9.17) is 0 Å². The van der Waals surface area contributed by atoms with Crippen molar-refractivity contribution in [3.05, 3.63) is 59.7 Å². The Kier molecular flexibility index (Phi) is 3.89. The first-order valence-electron chi connectivity index (χ1n) is 6.94. The van der Waals surface area contributed by atoms with Crippen molar-refractivity contribution in [3.8, 4) is 0 Å². The van der Waals surface area contributed by atoms with Gasteiger partial charge in [0.05, 0.1) is 0 Å². The van der Waals surface area contributed by atoms with E-state index in [9.17, 15) is 22.0 Å². The van der Waals surface area contributed by atoms with Gasteiger partial charge < -0.3 is 4.90 Å². The molecule has 0 fully saturated rings. The second-order valence-corrected chi connectivity index (χ2v) is 7.22. The maximum Gasteiger partial charge on any atom is 0.242 e. The molecule has 0 unspecified atom stereocenters. The lowest BCUT2D eigenvalue weighted by atomic mass is 10.2. The number of anilines is 1. The summed E-state index contributed by atoms with van der Waals surface area (Å²) < 4.78 is 51.3. The van der Waals surface area contributed by atoms with E-state index in [1.165, 1.54) is 4.90 Å². The fourth-order valence-corrected chi connectivity index (χ4v) is 3.92. The van der Waals surface area contributed by atoms with Crippen LogP contribution in [0, 0.1) is 11.6 Å². The number of halogens is 2. The lowest BCUT2D eigenvalue weighted by molar-refractivity contribution is -0.116. The molecule has 2 aromatic carbocycles. The largest absolute Gasteiger partial charge is 0.311 e. The summed E-state index contributed by atoms with van der Waals surface area (Å²) in [5.41, 5.74) is 1.61. The van der Waals surface area contributed by atoms with Crippen molar-refractivity contribution in [2.45, 2.75) is 11.3 Å². The third kappa shape index (κ3) is 2.96. The van der Waals surface area contributed by atoms with E-state index in [1.54, 1.807) is 12.1 Å². The van der Waals surface area contributed by atoms with Gasteiger partial charge in [0.15, 0.2) is 9.84 Å². The molecule has 1 amide bonds. The number of hydrogen-bond acceptors (Lipinski definition) is 3. The van der Waals surface area contributed by atoms with E-state index in [-0.39, 0.29) is 0 Å². The molecule has 3 rings (SSSR count). The van der Waals surface area contributed by atoms with Crippen LogP contribution in [0.3, 0.4) is 0 Å². The van der Waals surface area contributed by atoms with Crippen LogP contribution >= 0.6 is 0 Å². The predicted octanol–water partition coefficient (Wildman–Crippen LogP) is 2.33. The summed E-state index contributed by atoms with van der Waals surface area (Å²) in [4.78, 5) is 12.9. The first-order chi connectivity index (χ1) is 10.9. The predicted molar refractivity (Wildman–Crippen MR) is 80.9 cm³/mol. The van der Waals surface area contributed by atoms with Crippen LogP contribution in [0.5, 0.6) is 0 Å². The van der Waals surface area contributed by atoms with E-state index in [0.29, 0.717) is 24.7 Å². The normalized spacial score (nSPS) is 13.9. The first-order valence-corrected chi connectivity index (χ1v) is 8.60. The second-order valence-electron chi connectivity index (χ2n) is 5.26. The molecular weight excluding hydrogens is 324 g/mol. The van der Waals surface area contributed by atoms with Crippen molar-refractivity contribution in [1.29, 1.82) is 0 Å². The van der Waals surface area contributed by atoms with Crippen LogP contribution in [-0.2, 0) is 21.1 Å². The van der Waals surface area contributed by atoms with Crippen LogP contribution in [-0.4, -0.2) is 26.6 Å². The molecule has 1 heterocycles. The zero-order valence-electron chi connectivity index (χ0n) is 12.0. The highest BCUT2D eigenvalue weighted by Gasteiger charge is 2.30. The molecule has 0 bridgehead atoms. The highest BCUT2D eigenvalue weighted by molar-refractivity contribution is 7.92. The van der Waals surface area contributed by atoms with E-state index in [2.05, 4.69) is 0 Å². The number of nitrogens with zero attached hydrogens (tertiary/aromatic N) is 1. The Morgan fingerprint density at radius 1 is 1.13 bits per heavy atom. The molecule has 0 aliphatic carbocycles. The molecule has 7 heteroatoms. The van der Waals surface area contributed by atoms with Crippen LogP contribution in [0.1, 0.15) is 5.56 Å². The van der Waals surface area contributed by atoms with Crippen LogP contribution in [0.25, 0.3) is 0 Å². The molecular formula is C16H13F2NO3S. The van der Waals surface area contributed by atoms with Crippen molar-refractivity contribution in [2.24, 2.45) is 0 Å². The number of carbonyl (C=O) groups excluding carboxylic acids is 1. The van der Waals surface area contributed by atoms with Gasteiger partial charge in [-0.15, -0.1) is 0 Å². The average Bonchev–Trinajstić information content (AvgIpc) is 2.93. The standard InChI is InChI=1S/C16H13F2NO3S/c17-12-5-6-13(18)15(9-12)23(21,22)10-16(20)19-8-7-11-3-1-2-4-14(11)19/h1-6,9H,7-8,10H2. The summed E-state index contributed by atoms with van der Waals surface area (Å²) >= 11 is 0. The number of sulfone groups is 1. The van der Waals surface area contributed by atoms with E-state index >= 15 is 0 Å². The number of carbonyl (C=O) groups is 1. The fourth-order valence-electron chi connectivity index (χ4n) is 2.63.